The third kappa shape index (κ3) is 5.67. The molecule has 0 amide bonds. The number of aromatic nitrogens is 2. The van der Waals surface area contributed by atoms with E-state index in [0.717, 1.165) is 29.0 Å². The number of hydrogen-bond donors (Lipinski definition) is 0. The molecule has 0 fully saturated rings. The van der Waals surface area contributed by atoms with E-state index < -0.39 is 23.8 Å². The maximum absolute atomic E-state index is 13.9. The molecule has 34 heavy (non-hydrogen) atoms. The van der Waals surface area contributed by atoms with Gasteiger partial charge in [0.05, 0.1) is 13.2 Å². The molecule has 0 unspecified atom stereocenters. The first-order chi connectivity index (χ1) is 16.5. The van der Waals surface area contributed by atoms with Crippen LogP contribution in [0.4, 0.5) is 8.78 Å². The van der Waals surface area contributed by atoms with Gasteiger partial charge in [-0.05, 0) is 48.9 Å². The van der Waals surface area contributed by atoms with E-state index in [1.54, 1.807) is 16.9 Å². The van der Waals surface area contributed by atoms with Crippen molar-refractivity contribution in [3.8, 4) is 11.5 Å². The summed E-state index contributed by atoms with van der Waals surface area (Å²) in [4.78, 5) is 12.5. The van der Waals surface area contributed by atoms with E-state index in [1.165, 1.54) is 6.07 Å². The standard InChI is InChI=1S/C27H24F2N2O3/c1-2-33-21-9-5-7-19(15-21)18-34-27-12-4-3-8-20(27)17-31-14-13-25(30-31)26(32)16-22-23(28)10-6-11-24(22)29/h3-15H,2,16-18H2,1H3. The molecule has 0 aliphatic heterocycles. The average Bonchev–Trinajstić information content (AvgIpc) is 3.30. The lowest BCUT2D eigenvalue weighted by Crippen LogP contribution is -2.10. The minimum atomic E-state index is -0.745. The van der Waals surface area contributed by atoms with Gasteiger partial charge in [-0.15, -0.1) is 0 Å². The first-order valence-electron chi connectivity index (χ1n) is 11.0. The van der Waals surface area contributed by atoms with Crippen molar-refractivity contribution in [2.45, 2.75) is 26.5 Å². The van der Waals surface area contributed by atoms with Crippen LogP contribution in [0.5, 0.6) is 11.5 Å². The van der Waals surface area contributed by atoms with Crippen LogP contribution >= 0.6 is 0 Å². The molecule has 0 aliphatic rings. The highest BCUT2D eigenvalue weighted by Gasteiger charge is 2.17. The summed E-state index contributed by atoms with van der Waals surface area (Å²) in [6.07, 6.45) is 1.27. The Kier molecular flexibility index (Phi) is 7.32. The van der Waals surface area contributed by atoms with E-state index in [2.05, 4.69) is 5.10 Å². The zero-order valence-electron chi connectivity index (χ0n) is 18.7. The maximum Gasteiger partial charge on any atom is 0.187 e. The van der Waals surface area contributed by atoms with E-state index in [4.69, 9.17) is 9.47 Å². The van der Waals surface area contributed by atoms with Gasteiger partial charge in [0.15, 0.2) is 5.78 Å². The molecule has 4 aromatic rings. The molecule has 174 valence electrons. The zero-order valence-corrected chi connectivity index (χ0v) is 18.7. The molecule has 3 aromatic carbocycles. The number of hydrogen-bond acceptors (Lipinski definition) is 4. The van der Waals surface area contributed by atoms with Crippen molar-refractivity contribution in [2.75, 3.05) is 6.61 Å². The fraction of sp³-hybridized carbons (Fsp3) is 0.185. The van der Waals surface area contributed by atoms with E-state index in [9.17, 15) is 13.6 Å². The highest BCUT2D eigenvalue weighted by molar-refractivity contribution is 5.95. The van der Waals surface area contributed by atoms with Crippen LogP contribution in [0.2, 0.25) is 0 Å². The first-order valence-corrected chi connectivity index (χ1v) is 11.0. The van der Waals surface area contributed by atoms with Crippen molar-refractivity contribution in [1.82, 2.24) is 9.78 Å². The van der Waals surface area contributed by atoms with Gasteiger partial charge in [-0.3, -0.25) is 9.48 Å². The van der Waals surface area contributed by atoms with E-state index >= 15 is 0 Å². The molecular formula is C27H24F2N2O3. The van der Waals surface area contributed by atoms with Crippen LogP contribution in [0.1, 0.15) is 34.1 Å². The Bertz CT molecular complexity index is 1270. The molecule has 0 spiro atoms. The third-order valence-corrected chi connectivity index (χ3v) is 5.23. The van der Waals surface area contributed by atoms with Crippen molar-refractivity contribution < 1.29 is 23.0 Å². The summed E-state index contributed by atoms with van der Waals surface area (Å²) in [5, 5.41) is 4.30. The molecule has 0 atom stereocenters. The Labute approximate surface area is 196 Å². The van der Waals surface area contributed by atoms with Crippen molar-refractivity contribution in [3.05, 3.63) is 113 Å². The molecule has 0 bridgehead atoms. The van der Waals surface area contributed by atoms with Crippen molar-refractivity contribution in [1.29, 1.82) is 0 Å². The van der Waals surface area contributed by atoms with Gasteiger partial charge >= 0.3 is 0 Å². The summed E-state index contributed by atoms with van der Waals surface area (Å²) in [5.74, 6) is -0.459. The van der Waals surface area contributed by atoms with Crippen molar-refractivity contribution in [2.24, 2.45) is 0 Å². The number of ether oxygens (including phenoxy) is 2. The van der Waals surface area contributed by atoms with E-state index in [-0.39, 0.29) is 11.3 Å². The number of carbonyl (C=O) groups excluding carboxylic acids is 1. The summed E-state index contributed by atoms with van der Waals surface area (Å²) in [5.41, 5.74) is 1.75. The smallest absolute Gasteiger partial charge is 0.187 e. The normalized spacial score (nSPS) is 10.8. The Morgan fingerprint density at radius 3 is 2.50 bits per heavy atom. The van der Waals surface area contributed by atoms with Crippen LogP contribution in [-0.2, 0) is 19.6 Å². The monoisotopic (exact) mass is 462 g/mol. The molecule has 0 saturated carbocycles. The Balaban J connectivity index is 1.43. The van der Waals surface area contributed by atoms with Crippen LogP contribution in [0.25, 0.3) is 0 Å². The molecule has 7 heteroatoms. The minimum Gasteiger partial charge on any atom is -0.494 e. The van der Waals surface area contributed by atoms with Crippen LogP contribution in [0, 0.1) is 11.6 Å². The van der Waals surface area contributed by atoms with Gasteiger partial charge in [-0.1, -0.05) is 36.4 Å². The summed E-state index contributed by atoms with van der Waals surface area (Å²) in [7, 11) is 0. The second kappa shape index (κ2) is 10.7. The van der Waals surface area contributed by atoms with Gasteiger partial charge in [0, 0.05) is 23.7 Å². The van der Waals surface area contributed by atoms with Crippen LogP contribution < -0.4 is 9.47 Å². The predicted molar refractivity (Wildman–Crippen MR) is 124 cm³/mol. The van der Waals surface area contributed by atoms with Gasteiger partial charge in [-0.25, -0.2) is 8.78 Å². The largest absolute Gasteiger partial charge is 0.494 e. The molecule has 0 saturated heterocycles. The number of carbonyl (C=O) groups is 1. The van der Waals surface area contributed by atoms with Gasteiger partial charge < -0.3 is 9.47 Å². The molecule has 0 N–H and O–H groups in total. The summed E-state index contributed by atoms with van der Waals surface area (Å²) in [6.45, 7) is 3.27. The van der Waals surface area contributed by atoms with Crippen LogP contribution in [0.15, 0.2) is 79.0 Å². The zero-order chi connectivity index (χ0) is 23.9. The molecular weight excluding hydrogens is 438 g/mol. The molecule has 0 aliphatic carbocycles. The Morgan fingerprint density at radius 2 is 1.71 bits per heavy atom. The lowest BCUT2D eigenvalue weighted by atomic mass is 10.1. The van der Waals surface area contributed by atoms with Gasteiger partial charge in [0.1, 0.15) is 35.4 Å². The third-order valence-electron chi connectivity index (χ3n) is 5.23. The second-order valence-corrected chi connectivity index (χ2v) is 7.68. The molecule has 1 heterocycles. The fourth-order valence-electron chi connectivity index (χ4n) is 3.55. The first kappa shape index (κ1) is 23.2. The number of ketones is 1. The van der Waals surface area contributed by atoms with E-state index in [1.807, 2.05) is 55.5 Å². The second-order valence-electron chi connectivity index (χ2n) is 7.68. The molecule has 5 nitrogen and oxygen atoms in total. The predicted octanol–water partition coefficient (Wildman–Crippen LogP) is 5.61. The highest BCUT2D eigenvalue weighted by atomic mass is 19.1. The maximum atomic E-state index is 13.9. The van der Waals surface area contributed by atoms with E-state index in [0.29, 0.717) is 25.5 Å². The lowest BCUT2D eigenvalue weighted by Gasteiger charge is -2.12. The van der Waals surface area contributed by atoms with Crippen LogP contribution in [0.3, 0.4) is 0 Å². The summed E-state index contributed by atoms with van der Waals surface area (Å²) < 4.78 is 40.9. The van der Waals surface area contributed by atoms with Crippen molar-refractivity contribution in [3.63, 3.8) is 0 Å². The molecule has 4 rings (SSSR count). The molecule has 1 aromatic heterocycles. The number of rotatable bonds is 10. The Morgan fingerprint density at radius 1 is 0.941 bits per heavy atom. The fourth-order valence-corrected chi connectivity index (χ4v) is 3.55. The van der Waals surface area contributed by atoms with Crippen LogP contribution in [-0.4, -0.2) is 22.2 Å². The number of halogens is 2. The Hall–Kier alpha value is -4.00. The number of nitrogens with zero attached hydrogens (tertiary/aromatic N) is 2. The SMILES string of the molecule is CCOc1cccc(COc2ccccc2Cn2ccc(C(=O)Cc3c(F)cccc3F)n2)c1. The number of para-hydroxylation sites is 1. The van der Waals surface area contributed by atoms with Gasteiger partial charge in [0.2, 0.25) is 0 Å². The van der Waals surface area contributed by atoms with Gasteiger partial charge in [0.25, 0.3) is 0 Å². The minimum absolute atomic E-state index is 0.147. The average molecular weight is 462 g/mol. The topological polar surface area (TPSA) is 53.4 Å². The van der Waals surface area contributed by atoms with Gasteiger partial charge in [-0.2, -0.15) is 5.10 Å². The highest BCUT2D eigenvalue weighted by Crippen LogP contribution is 2.22. The number of benzene rings is 3. The number of Topliss-reactive ketones (excluding diaryl/α,β-unsaturated/α-hetero) is 1. The summed E-state index contributed by atoms with van der Waals surface area (Å²) in [6, 6.07) is 20.4. The summed E-state index contributed by atoms with van der Waals surface area (Å²) >= 11 is 0. The quantitative estimate of drug-likeness (QED) is 0.287. The van der Waals surface area contributed by atoms with Crippen molar-refractivity contribution >= 4 is 5.78 Å². The lowest BCUT2D eigenvalue weighted by molar-refractivity contribution is 0.0985. The molecule has 0 radical (unpaired) electrons.